The molecule has 1 aliphatic heterocycles. The fraction of sp³-hybridized carbons (Fsp3) is 0.462. The van der Waals surface area contributed by atoms with Crippen LogP contribution >= 0.6 is 15.9 Å². The van der Waals surface area contributed by atoms with E-state index in [9.17, 15) is 4.79 Å². The first-order valence-electron chi connectivity index (χ1n) is 5.89. The van der Waals surface area contributed by atoms with Gasteiger partial charge in [-0.2, -0.15) is 0 Å². The highest BCUT2D eigenvalue weighted by Crippen LogP contribution is 2.21. The Bertz CT molecular complexity index is 391. The minimum atomic E-state index is 0.131. The quantitative estimate of drug-likeness (QED) is 0.859. The first-order valence-corrected chi connectivity index (χ1v) is 6.68. The Morgan fingerprint density at radius 3 is 2.82 bits per heavy atom. The van der Waals surface area contributed by atoms with Crippen molar-refractivity contribution in [2.24, 2.45) is 0 Å². The van der Waals surface area contributed by atoms with Gasteiger partial charge in [-0.25, -0.2) is 0 Å². The number of benzene rings is 1. The zero-order valence-electron chi connectivity index (χ0n) is 9.86. The highest BCUT2D eigenvalue weighted by atomic mass is 79.9. The number of carbonyl (C=O) groups excluding carboxylic acids is 1. The van der Waals surface area contributed by atoms with E-state index in [1.807, 2.05) is 36.1 Å². The van der Waals surface area contributed by atoms with E-state index in [4.69, 9.17) is 4.74 Å². The molecule has 1 saturated heterocycles. The van der Waals surface area contributed by atoms with Gasteiger partial charge in [0.2, 0.25) is 5.91 Å². The van der Waals surface area contributed by atoms with Crippen molar-refractivity contribution in [2.75, 3.05) is 13.1 Å². The molecule has 1 amide bonds. The third-order valence-corrected chi connectivity index (χ3v) is 3.45. The number of carbonyl (C=O) groups is 1. The molecule has 1 aliphatic rings. The topological polar surface area (TPSA) is 29.5 Å². The summed E-state index contributed by atoms with van der Waals surface area (Å²) in [6, 6.07) is 7.79. The number of hydrogen-bond acceptors (Lipinski definition) is 2. The average molecular weight is 298 g/mol. The molecule has 1 fully saturated rings. The number of amides is 1. The first kappa shape index (κ1) is 12.4. The molecule has 0 aliphatic carbocycles. The number of rotatable bonds is 3. The van der Waals surface area contributed by atoms with Crippen molar-refractivity contribution in [2.45, 2.75) is 25.9 Å². The molecule has 1 atom stereocenters. The van der Waals surface area contributed by atoms with E-state index in [-0.39, 0.29) is 12.0 Å². The second-order valence-corrected chi connectivity index (χ2v) is 5.09. The lowest BCUT2D eigenvalue weighted by atomic mass is 10.3. The predicted molar refractivity (Wildman–Crippen MR) is 70.0 cm³/mol. The van der Waals surface area contributed by atoms with Crippen LogP contribution in [0.1, 0.15) is 19.8 Å². The van der Waals surface area contributed by atoms with Crippen molar-refractivity contribution in [3.63, 3.8) is 0 Å². The van der Waals surface area contributed by atoms with Crippen LogP contribution < -0.4 is 4.74 Å². The van der Waals surface area contributed by atoms with Gasteiger partial charge in [0.1, 0.15) is 11.9 Å². The Balaban J connectivity index is 1.89. The lowest BCUT2D eigenvalue weighted by Gasteiger charge is -2.16. The maximum absolute atomic E-state index is 11.5. The average Bonchev–Trinajstić information content (AvgIpc) is 2.80. The summed E-state index contributed by atoms with van der Waals surface area (Å²) in [6.45, 7) is 3.42. The first-order chi connectivity index (χ1) is 8.19. The molecular weight excluding hydrogens is 282 g/mol. The molecule has 0 radical (unpaired) electrons. The van der Waals surface area contributed by atoms with Crippen molar-refractivity contribution < 1.29 is 9.53 Å². The van der Waals surface area contributed by atoms with E-state index in [1.54, 1.807) is 0 Å². The van der Waals surface area contributed by atoms with Crippen molar-refractivity contribution in [3.8, 4) is 5.75 Å². The van der Waals surface area contributed by atoms with Gasteiger partial charge in [-0.15, -0.1) is 0 Å². The number of hydrogen-bond donors (Lipinski definition) is 0. The minimum absolute atomic E-state index is 0.131. The van der Waals surface area contributed by atoms with Gasteiger partial charge in [0.05, 0.1) is 6.54 Å². The Morgan fingerprint density at radius 2 is 2.18 bits per heavy atom. The summed E-state index contributed by atoms with van der Waals surface area (Å²) in [4.78, 5) is 13.4. The molecule has 0 aromatic heterocycles. The SMILES string of the molecule is CCC(=O)N1CCC(Oc2ccc(Br)cc2)C1. The molecule has 1 aromatic rings. The van der Waals surface area contributed by atoms with E-state index in [0.717, 1.165) is 23.2 Å². The Hall–Kier alpha value is -1.03. The van der Waals surface area contributed by atoms with E-state index in [0.29, 0.717) is 13.0 Å². The Labute approximate surface area is 110 Å². The molecule has 92 valence electrons. The van der Waals surface area contributed by atoms with Crippen molar-refractivity contribution >= 4 is 21.8 Å². The molecule has 1 unspecified atom stereocenters. The maximum atomic E-state index is 11.5. The lowest BCUT2D eigenvalue weighted by molar-refractivity contribution is -0.130. The molecule has 0 spiro atoms. The van der Waals surface area contributed by atoms with E-state index < -0.39 is 0 Å². The van der Waals surface area contributed by atoms with Crippen LogP contribution in [0.2, 0.25) is 0 Å². The van der Waals surface area contributed by atoms with Gasteiger partial charge in [0.15, 0.2) is 0 Å². The zero-order chi connectivity index (χ0) is 12.3. The summed E-state index contributed by atoms with van der Waals surface area (Å²) in [6.07, 6.45) is 1.62. The molecular formula is C13H16BrNO2. The third-order valence-electron chi connectivity index (χ3n) is 2.92. The van der Waals surface area contributed by atoms with Gasteiger partial charge in [-0.1, -0.05) is 22.9 Å². The summed E-state index contributed by atoms with van der Waals surface area (Å²) in [5.74, 6) is 1.08. The van der Waals surface area contributed by atoms with Crippen LogP contribution in [0.5, 0.6) is 5.75 Å². The largest absolute Gasteiger partial charge is 0.489 e. The Kier molecular flexibility index (Phi) is 4.05. The van der Waals surface area contributed by atoms with Crippen molar-refractivity contribution in [1.82, 2.24) is 4.90 Å². The molecule has 0 bridgehead atoms. The monoisotopic (exact) mass is 297 g/mol. The number of likely N-dealkylation sites (tertiary alicyclic amines) is 1. The van der Waals surface area contributed by atoms with Gasteiger partial charge in [0.25, 0.3) is 0 Å². The summed E-state index contributed by atoms with van der Waals surface area (Å²) < 4.78 is 6.88. The van der Waals surface area contributed by atoms with Gasteiger partial charge in [-0.05, 0) is 24.3 Å². The van der Waals surface area contributed by atoms with Crippen LogP contribution in [0, 0.1) is 0 Å². The van der Waals surface area contributed by atoms with Gasteiger partial charge in [-0.3, -0.25) is 4.79 Å². The molecule has 3 nitrogen and oxygen atoms in total. The fourth-order valence-corrected chi connectivity index (χ4v) is 2.24. The van der Waals surface area contributed by atoms with E-state index >= 15 is 0 Å². The molecule has 0 N–H and O–H groups in total. The number of nitrogens with zero attached hydrogens (tertiary/aromatic N) is 1. The summed E-state index contributed by atoms with van der Waals surface area (Å²) in [5.41, 5.74) is 0. The normalized spacial score (nSPS) is 19.4. The molecule has 2 rings (SSSR count). The summed E-state index contributed by atoms with van der Waals surface area (Å²) in [7, 11) is 0. The molecule has 4 heteroatoms. The van der Waals surface area contributed by atoms with Gasteiger partial charge in [0, 0.05) is 23.9 Å². The second-order valence-electron chi connectivity index (χ2n) is 4.18. The summed E-state index contributed by atoms with van der Waals surface area (Å²) in [5, 5.41) is 0. The highest BCUT2D eigenvalue weighted by Gasteiger charge is 2.26. The number of ether oxygens (including phenoxy) is 1. The van der Waals surface area contributed by atoms with Crippen LogP contribution in [0.3, 0.4) is 0 Å². The lowest BCUT2D eigenvalue weighted by Crippen LogP contribution is -2.30. The van der Waals surface area contributed by atoms with Gasteiger partial charge < -0.3 is 9.64 Å². The highest BCUT2D eigenvalue weighted by molar-refractivity contribution is 9.10. The molecule has 1 heterocycles. The van der Waals surface area contributed by atoms with Crippen LogP contribution in [0.15, 0.2) is 28.7 Å². The van der Waals surface area contributed by atoms with Gasteiger partial charge >= 0.3 is 0 Å². The third kappa shape index (κ3) is 3.22. The van der Waals surface area contributed by atoms with Crippen LogP contribution in [-0.4, -0.2) is 30.0 Å². The fourth-order valence-electron chi connectivity index (χ4n) is 1.98. The molecule has 17 heavy (non-hydrogen) atoms. The number of halogens is 1. The van der Waals surface area contributed by atoms with E-state index in [1.165, 1.54) is 0 Å². The minimum Gasteiger partial charge on any atom is -0.489 e. The molecule has 1 aromatic carbocycles. The van der Waals surface area contributed by atoms with Crippen molar-refractivity contribution in [3.05, 3.63) is 28.7 Å². The van der Waals surface area contributed by atoms with Crippen LogP contribution in [0.25, 0.3) is 0 Å². The standard InChI is InChI=1S/C13H16BrNO2/c1-2-13(16)15-8-7-12(9-15)17-11-5-3-10(14)4-6-11/h3-6,12H,2,7-9H2,1H3. The summed E-state index contributed by atoms with van der Waals surface area (Å²) >= 11 is 3.39. The maximum Gasteiger partial charge on any atom is 0.222 e. The predicted octanol–water partition coefficient (Wildman–Crippen LogP) is 2.84. The van der Waals surface area contributed by atoms with Crippen LogP contribution in [0.4, 0.5) is 0 Å². The molecule has 0 saturated carbocycles. The second kappa shape index (κ2) is 5.54. The van der Waals surface area contributed by atoms with Crippen LogP contribution in [-0.2, 0) is 4.79 Å². The zero-order valence-corrected chi connectivity index (χ0v) is 11.4. The smallest absolute Gasteiger partial charge is 0.222 e. The van der Waals surface area contributed by atoms with E-state index in [2.05, 4.69) is 15.9 Å². The Morgan fingerprint density at radius 1 is 1.47 bits per heavy atom. The van der Waals surface area contributed by atoms with Crippen molar-refractivity contribution in [1.29, 1.82) is 0 Å².